The fourth-order valence-corrected chi connectivity index (χ4v) is 2.74. The van der Waals surface area contributed by atoms with Gasteiger partial charge in [-0.25, -0.2) is 4.98 Å². The van der Waals surface area contributed by atoms with E-state index in [1.165, 1.54) is 0 Å². The maximum Gasteiger partial charge on any atom is 0.220 e. The zero-order valence-corrected chi connectivity index (χ0v) is 14.6. The van der Waals surface area contributed by atoms with Crippen molar-refractivity contribution in [2.24, 2.45) is 0 Å². The molecule has 0 spiro atoms. The zero-order valence-electron chi connectivity index (χ0n) is 12.2. The van der Waals surface area contributed by atoms with Gasteiger partial charge in [-0.05, 0) is 64.8 Å². The number of rotatable bonds is 4. The molecule has 4 nitrogen and oxygen atoms in total. The summed E-state index contributed by atoms with van der Waals surface area (Å²) in [5.41, 5.74) is 2.23. The third-order valence-corrected chi connectivity index (χ3v) is 3.97. The molecule has 6 heteroatoms. The monoisotopic (exact) mass is 393 g/mol. The summed E-state index contributed by atoms with van der Waals surface area (Å²) in [7, 11) is 0. The summed E-state index contributed by atoms with van der Waals surface area (Å²) in [6, 6.07) is 8.83. The SMILES string of the molecule is CCOc1cc(C=Cc2nc3cc(Cl)ccc3o2)cc(Br)c1O. The van der Waals surface area contributed by atoms with Crippen LogP contribution in [0.4, 0.5) is 0 Å². The van der Waals surface area contributed by atoms with Crippen LogP contribution in [0.5, 0.6) is 11.5 Å². The van der Waals surface area contributed by atoms with Crippen LogP contribution in [0.3, 0.4) is 0 Å². The molecule has 23 heavy (non-hydrogen) atoms. The van der Waals surface area contributed by atoms with Crippen molar-refractivity contribution in [1.82, 2.24) is 4.98 Å². The molecule has 0 fully saturated rings. The molecule has 118 valence electrons. The fourth-order valence-electron chi connectivity index (χ4n) is 2.11. The predicted octanol–water partition coefficient (Wildman–Crippen LogP) is 5.52. The molecule has 2 aromatic carbocycles. The van der Waals surface area contributed by atoms with E-state index in [1.54, 1.807) is 36.4 Å². The van der Waals surface area contributed by atoms with Crippen LogP contribution in [0.1, 0.15) is 18.4 Å². The number of hydrogen-bond donors (Lipinski definition) is 1. The molecule has 0 bridgehead atoms. The summed E-state index contributed by atoms with van der Waals surface area (Å²) < 4.78 is 11.6. The van der Waals surface area contributed by atoms with E-state index in [9.17, 15) is 5.11 Å². The molecule has 1 N–H and O–H groups in total. The number of aromatic hydroxyl groups is 1. The number of ether oxygens (including phenoxy) is 1. The second kappa shape index (κ2) is 6.64. The number of benzene rings is 2. The summed E-state index contributed by atoms with van der Waals surface area (Å²) >= 11 is 9.25. The molecule has 1 aromatic heterocycles. The molecule has 0 amide bonds. The third-order valence-electron chi connectivity index (χ3n) is 3.14. The highest BCUT2D eigenvalue weighted by molar-refractivity contribution is 9.10. The van der Waals surface area contributed by atoms with Crippen LogP contribution in [-0.2, 0) is 0 Å². The zero-order chi connectivity index (χ0) is 16.4. The Labute approximate surface area is 146 Å². The summed E-state index contributed by atoms with van der Waals surface area (Å²) in [6.07, 6.45) is 3.58. The summed E-state index contributed by atoms with van der Waals surface area (Å²) in [5, 5.41) is 10.5. The van der Waals surface area contributed by atoms with Gasteiger partial charge in [-0.15, -0.1) is 0 Å². The topological polar surface area (TPSA) is 55.5 Å². The second-order valence-electron chi connectivity index (χ2n) is 4.78. The Balaban J connectivity index is 1.91. The van der Waals surface area contributed by atoms with E-state index in [2.05, 4.69) is 20.9 Å². The van der Waals surface area contributed by atoms with Gasteiger partial charge in [0.05, 0.1) is 11.1 Å². The first-order valence-corrected chi connectivity index (χ1v) is 8.13. The Hall–Kier alpha value is -1.98. The van der Waals surface area contributed by atoms with Crippen molar-refractivity contribution in [3.05, 3.63) is 51.3 Å². The van der Waals surface area contributed by atoms with Gasteiger partial charge < -0.3 is 14.3 Å². The molecule has 0 saturated carbocycles. The number of phenols is 1. The van der Waals surface area contributed by atoms with Gasteiger partial charge in [0.2, 0.25) is 5.89 Å². The second-order valence-corrected chi connectivity index (χ2v) is 6.07. The first-order valence-electron chi connectivity index (χ1n) is 6.96. The molecule has 3 aromatic rings. The number of nitrogens with zero attached hydrogens (tertiary/aromatic N) is 1. The molecule has 0 aliphatic heterocycles. The average Bonchev–Trinajstić information content (AvgIpc) is 2.92. The van der Waals surface area contributed by atoms with Crippen molar-refractivity contribution in [2.75, 3.05) is 6.61 Å². The molecule has 0 atom stereocenters. The van der Waals surface area contributed by atoms with Crippen molar-refractivity contribution in [3.8, 4) is 11.5 Å². The normalized spacial score (nSPS) is 11.4. The molecule has 0 unspecified atom stereocenters. The van der Waals surface area contributed by atoms with Gasteiger partial charge in [0, 0.05) is 11.1 Å². The predicted molar refractivity (Wildman–Crippen MR) is 94.9 cm³/mol. The minimum Gasteiger partial charge on any atom is -0.503 e. The Bertz CT molecular complexity index is 889. The molecule has 3 rings (SSSR count). The minimum absolute atomic E-state index is 0.0838. The quantitative estimate of drug-likeness (QED) is 0.633. The highest BCUT2D eigenvalue weighted by Gasteiger charge is 2.08. The van der Waals surface area contributed by atoms with Crippen LogP contribution in [0.15, 0.2) is 39.2 Å². The van der Waals surface area contributed by atoms with Crippen molar-refractivity contribution in [1.29, 1.82) is 0 Å². The lowest BCUT2D eigenvalue weighted by Crippen LogP contribution is -1.92. The lowest BCUT2D eigenvalue weighted by molar-refractivity contribution is 0.317. The van der Waals surface area contributed by atoms with Crippen molar-refractivity contribution >= 4 is 50.8 Å². The minimum atomic E-state index is 0.0838. The molecule has 0 aliphatic rings. The lowest BCUT2D eigenvalue weighted by Gasteiger charge is -2.08. The van der Waals surface area contributed by atoms with Gasteiger partial charge in [-0.2, -0.15) is 0 Å². The fraction of sp³-hybridized carbons (Fsp3) is 0.118. The van der Waals surface area contributed by atoms with Gasteiger partial charge in [-0.3, -0.25) is 0 Å². The van der Waals surface area contributed by atoms with Crippen LogP contribution in [0.2, 0.25) is 5.02 Å². The van der Waals surface area contributed by atoms with E-state index in [0.29, 0.717) is 38.8 Å². The Morgan fingerprint density at radius 1 is 1.30 bits per heavy atom. The maximum absolute atomic E-state index is 9.92. The van der Waals surface area contributed by atoms with E-state index in [4.69, 9.17) is 20.8 Å². The van der Waals surface area contributed by atoms with Crippen LogP contribution < -0.4 is 4.74 Å². The van der Waals surface area contributed by atoms with Crippen molar-refractivity contribution in [2.45, 2.75) is 6.92 Å². The van der Waals surface area contributed by atoms with Gasteiger partial charge >= 0.3 is 0 Å². The lowest BCUT2D eigenvalue weighted by atomic mass is 10.2. The largest absolute Gasteiger partial charge is 0.503 e. The Morgan fingerprint density at radius 2 is 2.13 bits per heavy atom. The summed E-state index contributed by atoms with van der Waals surface area (Å²) in [4.78, 5) is 4.36. The molecule has 0 radical (unpaired) electrons. The standard InChI is InChI=1S/C17H13BrClNO3/c1-2-22-15-8-10(7-12(18)17(15)21)3-6-16-20-13-9-11(19)4-5-14(13)23-16/h3-9,21H,2H2,1H3. The van der Waals surface area contributed by atoms with Gasteiger partial charge in [0.15, 0.2) is 17.1 Å². The number of halogens is 2. The number of phenolic OH excluding ortho intramolecular Hbond substituents is 1. The third kappa shape index (κ3) is 3.51. The van der Waals surface area contributed by atoms with Crippen LogP contribution in [0, 0.1) is 0 Å². The Kier molecular flexibility index (Phi) is 4.59. The highest BCUT2D eigenvalue weighted by atomic mass is 79.9. The van der Waals surface area contributed by atoms with E-state index in [1.807, 2.05) is 13.0 Å². The van der Waals surface area contributed by atoms with Crippen LogP contribution in [-0.4, -0.2) is 16.7 Å². The van der Waals surface area contributed by atoms with E-state index < -0.39 is 0 Å². The van der Waals surface area contributed by atoms with Crippen LogP contribution in [0.25, 0.3) is 23.3 Å². The molecular weight excluding hydrogens is 382 g/mol. The molecule has 0 saturated heterocycles. The maximum atomic E-state index is 9.92. The smallest absolute Gasteiger partial charge is 0.220 e. The first-order chi connectivity index (χ1) is 11.1. The highest BCUT2D eigenvalue weighted by Crippen LogP contribution is 2.36. The van der Waals surface area contributed by atoms with Crippen LogP contribution >= 0.6 is 27.5 Å². The van der Waals surface area contributed by atoms with Gasteiger partial charge in [-0.1, -0.05) is 11.6 Å². The van der Waals surface area contributed by atoms with E-state index >= 15 is 0 Å². The first kappa shape index (κ1) is 15.9. The average molecular weight is 395 g/mol. The van der Waals surface area contributed by atoms with Crippen molar-refractivity contribution in [3.63, 3.8) is 0 Å². The summed E-state index contributed by atoms with van der Waals surface area (Å²) in [5.74, 6) is 0.982. The summed E-state index contributed by atoms with van der Waals surface area (Å²) in [6.45, 7) is 2.33. The Morgan fingerprint density at radius 3 is 2.91 bits per heavy atom. The number of hydrogen-bond acceptors (Lipinski definition) is 4. The number of fused-ring (bicyclic) bond motifs is 1. The van der Waals surface area contributed by atoms with Crippen molar-refractivity contribution < 1.29 is 14.3 Å². The molecule has 0 aliphatic carbocycles. The number of aromatic nitrogens is 1. The van der Waals surface area contributed by atoms with Gasteiger partial charge in [0.25, 0.3) is 0 Å². The molecule has 1 heterocycles. The number of oxazole rings is 1. The van der Waals surface area contributed by atoms with E-state index in [0.717, 1.165) is 5.56 Å². The van der Waals surface area contributed by atoms with E-state index in [-0.39, 0.29) is 5.75 Å². The van der Waals surface area contributed by atoms with Gasteiger partial charge in [0.1, 0.15) is 5.52 Å². The molecular formula is C17H13BrClNO3.